The predicted octanol–water partition coefficient (Wildman–Crippen LogP) is 2.26. The molecule has 0 unspecified atom stereocenters. The number of hydrogen-bond donors (Lipinski definition) is 0. The van der Waals surface area contributed by atoms with E-state index < -0.39 is 0 Å². The molecule has 1 aromatic rings. The van der Waals surface area contributed by atoms with Crippen LogP contribution in [0.4, 0.5) is 4.39 Å². The van der Waals surface area contributed by atoms with E-state index in [0.717, 1.165) is 0 Å². The third-order valence-corrected chi connectivity index (χ3v) is 2.34. The van der Waals surface area contributed by atoms with Crippen LogP contribution in [0.3, 0.4) is 0 Å². The van der Waals surface area contributed by atoms with E-state index in [1.165, 1.54) is 0 Å². The molecule has 0 aromatic heterocycles. The van der Waals surface area contributed by atoms with Crippen molar-refractivity contribution in [2.75, 3.05) is 0 Å². The van der Waals surface area contributed by atoms with Crippen LogP contribution >= 0.6 is 0 Å². The van der Waals surface area contributed by atoms with Crippen molar-refractivity contribution in [3.05, 3.63) is 34.6 Å². The summed E-state index contributed by atoms with van der Waals surface area (Å²) in [4.78, 5) is 11.2. The summed E-state index contributed by atoms with van der Waals surface area (Å²) in [5.74, 6) is -0.123. The van der Waals surface area contributed by atoms with Gasteiger partial charge in [-0.15, -0.1) is 0 Å². The number of rotatable bonds is 0. The molecule has 12 heavy (non-hydrogen) atoms. The number of carbonyl (C=O) groups excluding carboxylic acids is 1. The lowest BCUT2D eigenvalue weighted by Gasteiger charge is -2.01. The lowest BCUT2D eigenvalue weighted by Crippen LogP contribution is -1.94. The van der Waals surface area contributed by atoms with Gasteiger partial charge in [0.25, 0.3) is 0 Å². The summed E-state index contributed by atoms with van der Waals surface area (Å²) in [5.41, 5.74) is 1.82. The van der Waals surface area contributed by atoms with Crippen LogP contribution in [-0.4, -0.2) is 5.78 Å². The van der Waals surface area contributed by atoms with Crippen LogP contribution in [0.1, 0.15) is 27.9 Å². The molecule has 0 atom stereocenters. The maximum Gasteiger partial charge on any atom is 0.163 e. The van der Waals surface area contributed by atoms with Gasteiger partial charge in [-0.05, 0) is 24.5 Å². The van der Waals surface area contributed by atoms with Crippen molar-refractivity contribution >= 4 is 5.78 Å². The highest BCUT2D eigenvalue weighted by molar-refractivity contribution is 6.00. The highest BCUT2D eigenvalue weighted by Gasteiger charge is 2.22. The van der Waals surface area contributed by atoms with Gasteiger partial charge in [0.2, 0.25) is 0 Å². The Morgan fingerprint density at radius 1 is 1.33 bits per heavy atom. The van der Waals surface area contributed by atoms with Crippen LogP contribution in [0, 0.1) is 12.7 Å². The van der Waals surface area contributed by atoms with Gasteiger partial charge >= 0.3 is 0 Å². The SMILES string of the molecule is Cc1ccc2c(c1F)CCC2=O. The van der Waals surface area contributed by atoms with Crippen molar-refractivity contribution in [2.24, 2.45) is 0 Å². The van der Waals surface area contributed by atoms with E-state index in [1.54, 1.807) is 19.1 Å². The van der Waals surface area contributed by atoms with Gasteiger partial charge in [-0.25, -0.2) is 4.39 Å². The van der Waals surface area contributed by atoms with Gasteiger partial charge in [0.05, 0.1) is 0 Å². The fourth-order valence-corrected chi connectivity index (χ4v) is 1.62. The Balaban J connectivity index is 2.68. The van der Waals surface area contributed by atoms with E-state index >= 15 is 0 Å². The fraction of sp³-hybridized carbons (Fsp3) is 0.300. The summed E-state index contributed by atoms with van der Waals surface area (Å²) in [6.07, 6.45) is 1.04. The largest absolute Gasteiger partial charge is 0.294 e. The zero-order valence-electron chi connectivity index (χ0n) is 6.86. The second-order valence-electron chi connectivity index (χ2n) is 3.15. The molecular weight excluding hydrogens is 155 g/mol. The maximum absolute atomic E-state index is 13.3. The molecule has 2 heteroatoms. The normalized spacial score (nSPS) is 15.0. The summed E-state index contributed by atoms with van der Waals surface area (Å²) in [6.45, 7) is 1.72. The van der Waals surface area contributed by atoms with Crippen LogP contribution in [-0.2, 0) is 6.42 Å². The van der Waals surface area contributed by atoms with Gasteiger partial charge in [-0.3, -0.25) is 4.79 Å². The molecule has 1 aromatic carbocycles. The third-order valence-electron chi connectivity index (χ3n) is 2.34. The topological polar surface area (TPSA) is 17.1 Å². The van der Waals surface area contributed by atoms with Crippen LogP contribution in [0.5, 0.6) is 0 Å². The molecule has 0 bridgehead atoms. The van der Waals surface area contributed by atoms with Gasteiger partial charge in [-0.1, -0.05) is 12.1 Å². The van der Waals surface area contributed by atoms with E-state index in [1.807, 2.05) is 0 Å². The first-order chi connectivity index (χ1) is 5.70. The molecule has 1 nitrogen and oxygen atoms in total. The predicted molar refractivity (Wildman–Crippen MR) is 43.8 cm³/mol. The summed E-state index contributed by atoms with van der Waals surface area (Å²) >= 11 is 0. The average molecular weight is 164 g/mol. The molecule has 0 N–H and O–H groups in total. The van der Waals surface area contributed by atoms with Crippen LogP contribution in [0.25, 0.3) is 0 Å². The minimum atomic E-state index is -0.196. The molecule has 62 valence electrons. The maximum atomic E-state index is 13.3. The number of carbonyl (C=O) groups is 1. The van der Waals surface area contributed by atoms with Gasteiger partial charge < -0.3 is 0 Å². The zero-order valence-corrected chi connectivity index (χ0v) is 6.86. The highest BCUT2D eigenvalue weighted by Crippen LogP contribution is 2.26. The van der Waals surface area contributed by atoms with Crippen molar-refractivity contribution in [3.63, 3.8) is 0 Å². The van der Waals surface area contributed by atoms with E-state index in [0.29, 0.717) is 29.5 Å². The Bertz CT molecular complexity index is 355. The zero-order chi connectivity index (χ0) is 8.72. The Kier molecular flexibility index (Phi) is 1.50. The molecule has 0 spiro atoms. The first-order valence-corrected chi connectivity index (χ1v) is 4.01. The molecular formula is C10H9FO. The van der Waals surface area contributed by atoms with E-state index in [2.05, 4.69) is 0 Å². The lowest BCUT2D eigenvalue weighted by atomic mass is 10.1. The molecule has 0 heterocycles. The second-order valence-corrected chi connectivity index (χ2v) is 3.15. The first-order valence-electron chi connectivity index (χ1n) is 4.01. The molecule has 1 aliphatic rings. The molecule has 0 aliphatic heterocycles. The van der Waals surface area contributed by atoms with E-state index in [4.69, 9.17) is 0 Å². The van der Waals surface area contributed by atoms with Gasteiger partial charge in [-0.2, -0.15) is 0 Å². The number of fused-ring (bicyclic) bond motifs is 1. The minimum absolute atomic E-state index is 0.0731. The van der Waals surface area contributed by atoms with Crippen molar-refractivity contribution in [3.8, 4) is 0 Å². The molecule has 0 saturated carbocycles. The van der Waals surface area contributed by atoms with Gasteiger partial charge in [0.15, 0.2) is 5.78 Å². The average Bonchev–Trinajstić information content (AvgIpc) is 2.41. The Morgan fingerprint density at radius 3 is 2.83 bits per heavy atom. The minimum Gasteiger partial charge on any atom is -0.294 e. The molecule has 2 rings (SSSR count). The molecule has 0 saturated heterocycles. The van der Waals surface area contributed by atoms with Crippen molar-refractivity contribution < 1.29 is 9.18 Å². The lowest BCUT2D eigenvalue weighted by molar-refractivity contribution is 0.0994. The molecule has 0 amide bonds. The van der Waals surface area contributed by atoms with Crippen LogP contribution in [0.15, 0.2) is 12.1 Å². The van der Waals surface area contributed by atoms with Crippen molar-refractivity contribution in [1.82, 2.24) is 0 Å². The number of hydrogen-bond acceptors (Lipinski definition) is 1. The number of Topliss-reactive ketones (excluding diaryl/α,β-unsaturated/α-hetero) is 1. The van der Waals surface area contributed by atoms with E-state index in [-0.39, 0.29) is 11.6 Å². The summed E-state index contributed by atoms with van der Waals surface area (Å²) < 4.78 is 13.3. The number of aryl methyl sites for hydroxylation is 1. The Hall–Kier alpha value is -1.18. The Labute approximate surface area is 70.2 Å². The van der Waals surface area contributed by atoms with Gasteiger partial charge in [0.1, 0.15) is 5.82 Å². The van der Waals surface area contributed by atoms with Gasteiger partial charge in [0, 0.05) is 12.0 Å². The summed E-state index contributed by atoms with van der Waals surface area (Å²) in [5, 5.41) is 0. The highest BCUT2D eigenvalue weighted by atomic mass is 19.1. The van der Waals surface area contributed by atoms with Crippen molar-refractivity contribution in [1.29, 1.82) is 0 Å². The first kappa shape index (κ1) is 7.47. The number of halogens is 1. The second kappa shape index (κ2) is 2.41. The quantitative estimate of drug-likeness (QED) is 0.574. The van der Waals surface area contributed by atoms with Crippen LogP contribution in [0.2, 0.25) is 0 Å². The fourth-order valence-electron chi connectivity index (χ4n) is 1.62. The number of ketones is 1. The third kappa shape index (κ3) is 0.876. The standard InChI is InChI=1S/C10H9FO/c1-6-2-3-7-8(10(6)11)4-5-9(7)12/h2-3H,4-5H2,1H3. The van der Waals surface area contributed by atoms with Crippen LogP contribution < -0.4 is 0 Å². The van der Waals surface area contributed by atoms with E-state index in [9.17, 15) is 9.18 Å². The smallest absolute Gasteiger partial charge is 0.163 e. The molecule has 1 aliphatic carbocycles. The van der Waals surface area contributed by atoms with Crippen molar-refractivity contribution in [2.45, 2.75) is 19.8 Å². The summed E-state index contributed by atoms with van der Waals surface area (Å²) in [6, 6.07) is 3.39. The monoisotopic (exact) mass is 164 g/mol. The molecule has 0 radical (unpaired) electrons. The number of benzene rings is 1. The summed E-state index contributed by atoms with van der Waals surface area (Å²) in [7, 11) is 0. The molecule has 0 fully saturated rings. The Morgan fingerprint density at radius 2 is 2.08 bits per heavy atom.